The molecule has 4 amide bonds. The van der Waals surface area contributed by atoms with E-state index in [9.17, 15) is 19.2 Å². The third-order valence-electron chi connectivity index (χ3n) is 7.71. The highest BCUT2D eigenvalue weighted by molar-refractivity contribution is 5.95. The van der Waals surface area contributed by atoms with Gasteiger partial charge in [-0.2, -0.15) is 0 Å². The summed E-state index contributed by atoms with van der Waals surface area (Å²) in [6, 6.07) is 16.8. The lowest BCUT2D eigenvalue weighted by Crippen LogP contribution is -2.59. The highest BCUT2D eigenvalue weighted by Gasteiger charge is 2.43. The fourth-order valence-corrected chi connectivity index (χ4v) is 5.34. The van der Waals surface area contributed by atoms with Gasteiger partial charge in [-0.15, -0.1) is 0 Å². The molecule has 9 nitrogen and oxygen atoms in total. The summed E-state index contributed by atoms with van der Waals surface area (Å²) in [6.45, 7) is 6.00. The summed E-state index contributed by atoms with van der Waals surface area (Å²) in [6.07, 6.45) is 3.20. The van der Waals surface area contributed by atoms with Gasteiger partial charge in [0.2, 0.25) is 17.7 Å². The summed E-state index contributed by atoms with van der Waals surface area (Å²) in [5.41, 5.74) is 2.57. The summed E-state index contributed by atoms with van der Waals surface area (Å²) in [5, 5.41) is 8.93. The largest absolute Gasteiger partial charge is 0.343 e. The number of allylic oxidation sites excluding steroid dienone is 1. The Morgan fingerprint density at radius 3 is 2.12 bits per heavy atom. The van der Waals surface area contributed by atoms with E-state index >= 15 is 0 Å². The fraction of sp³-hybridized carbons (Fsp3) is 0.438. The van der Waals surface area contributed by atoms with Crippen LogP contribution in [0.2, 0.25) is 0 Å². The number of hydrogen-bond donors (Lipinski definition) is 3. The second-order valence-corrected chi connectivity index (χ2v) is 11.2. The second-order valence-electron chi connectivity index (χ2n) is 11.2. The van der Waals surface area contributed by atoms with Crippen molar-refractivity contribution in [2.24, 2.45) is 5.92 Å². The third-order valence-corrected chi connectivity index (χ3v) is 7.71. The van der Waals surface area contributed by atoms with Crippen LogP contribution in [0.5, 0.6) is 0 Å². The van der Waals surface area contributed by atoms with Crippen LogP contribution in [0, 0.1) is 5.92 Å². The van der Waals surface area contributed by atoms with Crippen LogP contribution in [-0.2, 0) is 19.2 Å². The van der Waals surface area contributed by atoms with Crippen molar-refractivity contribution in [3.63, 3.8) is 0 Å². The molecule has 2 aliphatic heterocycles. The Morgan fingerprint density at radius 2 is 1.56 bits per heavy atom. The van der Waals surface area contributed by atoms with Crippen LogP contribution in [0.3, 0.4) is 0 Å². The van der Waals surface area contributed by atoms with Crippen LogP contribution in [0.1, 0.15) is 57.2 Å². The summed E-state index contributed by atoms with van der Waals surface area (Å²) in [5.74, 6) is -0.904. The molecule has 1 fully saturated rings. The van der Waals surface area contributed by atoms with Crippen molar-refractivity contribution < 1.29 is 19.2 Å². The first-order valence-corrected chi connectivity index (χ1v) is 14.4. The van der Waals surface area contributed by atoms with E-state index in [4.69, 9.17) is 0 Å². The van der Waals surface area contributed by atoms with Crippen molar-refractivity contribution in [1.29, 1.82) is 0 Å². The molecule has 0 bridgehead atoms. The third kappa shape index (κ3) is 7.21. The monoisotopic (exact) mass is 559 g/mol. The van der Waals surface area contributed by atoms with E-state index in [2.05, 4.69) is 16.0 Å². The molecule has 2 heterocycles. The molecule has 0 unspecified atom stereocenters. The van der Waals surface area contributed by atoms with E-state index in [1.165, 1.54) is 0 Å². The summed E-state index contributed by atoms with van der Waals surface area (Å²) in [4.78, 5) is 57.1. The summed E-state index contributed by atoms with van der Waals surface area (Å²) < 4.78 is 0. The van der Waals surface area contributed by atoms with E-state index in [1.54, 1.807) is 23.8 Å². The number of nitrogens with one attached hydrogen (secondary N) is 3. The van der Waals surface area contributed by atoms with E-state index in [1.807, 2.05) is 80.6 Å². The first-order valence-electron chi connectivity index (χ1n) is 14.4. The minimum Gasteiger partial charge on any atom is -0.343 e. The van der Waals surface area contributed by atoms with E-state index in [0.29, 0.717) is 31.5 Å². The van der Waals surface area contributed by atoms with Gasteiger partial charge in [-0.05, 0) is 49.9 Å². The molecule has 1 saturated heterocycles. The van der Waals surface area contributed by atoms with Gasteiger partial charge >= 0.3 is 0 Å². The SMILES string of the molecule is CN[C@@H](C)C(=O)N[C@H]1CN(C(=O)CC(C)C)C/C=C2/CC[C@@H](C(=O)NC(c3ccccc3)c3ccccc3)N2C1=O. The Morgan fingerprint density at radius 1 is 0.951 bits per heavy atom. The Balaban J connectivity index is 1.63. The zero-order valence-corrected chi connectivity index (χ0v) is 24.3. The van der Waals surface area contributed by atoms with Crippen molar-refractivity contribution in [3.05, 3.63) is 83.6 Å². The Bertz CT molecular complexity index is 1220. The van der Waals surface area contributed by atoms with Gasteiger partial charge in [0.25, 0.3) is 5.91 Å². The van der Waals surface area contributed by atoms with Crippen molar-refractivity contribution in [2.45, 2.75) is 64.2 Å². The fourth-order valence-electron chi connectivity index (χ4n) is 5.34. The first-order chi connectivity index (χ1) is 19.7. The number of rotatable bonds is 9. The quantitative estimate of drug-likeness (QED) is 0.438. The predicted molar refractivity (Wildman–Crippen MR) is 157 cm³/mol. The molecular formula is C32H41N5O4. The van der Waals surface area contributed by atoms with Crippen molar-refractivity contribution in [3.8, 4) is 0 Å². The minimum atomic E-state index is -0.981. The van der Waals surface area contributed by atoms with Gasteiger partial charge in [0, 0.05) is 18.7 Å². The zero-order chi connectivity index (χ0) is 29.5. The van der Waals surface area contributed by atoms with Gasteiger partial charge in [0.1, 0.15) is 12.1 Å². The highest BCUT2D eigenvalue weighted by Crippen LogP contribution is 2.31. The summed E-state index contributed by atoms with van der Waals surface area (Å²) >= 11 is 0. The number of fused-ring (bicyclic) bond motifs is 1. The van der Waals surface area contributed by atoms with Gasteiger partial charge in [-0.1, -0.05) is 74.5 Å². The van der Waals surface area contributed by atoms with Crippen molar-refractivity contribution in [2.75, 3.05) is 20.1 Å². The maximum atomic E-state index is 14.1. The van der Waals surface area contributed by atoms with Gasteiger partial charge in [-0.3, -0.25) is 19.2 Å². The molecule has 218 valence electrons. The predicted octanol–water partition coefficient (Wildman–Crippen LogP) is 2.75. The number of hydrogen-bond acceptors (Lipinski definition) is 5. The standard InChI is InChI=1S/C32H41N5O4/c1-21(2)19-28(38)36-18-17-25-15-16-27(37(25)32(41)26(20-36)34-30(39)22(3)33-4)31(40)35-29(23-11-7-5-8-12-23)24-13-9-6-10-14-24/h5-14,17,21-22,26-27,29,33H,15-16,18-20H2,1-4H3,(H,34,39)(H,35,40)/b25-17-/t22-,26-,27-/m0/s1. The number of carbonyl (C=O) groups excluding carboxylic acids is 4. The van der Waals surface area contributed by atoms with Crippen LogP contribution in [-0.4, -0.2) is 71.7 Å². The van der Waals surface area contributed by atoms with E-state index in [0.717, 1.165) is 11.1 Å². The van der Waals surface area contributed by atoms with Crippen LogP contribution < -0.4 is 16.0 Å². The lowest BCUT2D eigenvalue weighted by molar-refractivity contribution is -0.142. The topological polar surface area (TPSA) is 111 Å². The van der Waals surface area contributed by atoms with Crippen LogP contribution in [0.4, 0.5) is 0 Å². The van der Waals surface area contributed by atoms with Gasteiger partial charge in [-0.25, -0.2) is 0 Å². The average Bonchev–Trinajstić information content (AvgIpc) is 3.39. The lowest BCUT2D eigenvalue weighted by Gasteiger charge is -2.36. The zero-order valence-electron chi connectivity index (χ0n) is 24.3. The van der Waals surface area contributed by atoms with Crippen molar-refractivity contribution in [1.82, 2.24) is 25.8 Å². The number of likely N-dealkylation sites (N-methyl/N-ethyl adjacent to an activating group) is 1. The summed E-state index contributed by atoms with van der Waals surface area (Å²) in [7, 11) is 1.67. The molecule has 3 atom stereocenters. The molecular weight excluding hydrogens is 518 g/mol. The average molecular weight is 560 g/mol. The highest BCUT2D eigenvalue weighted by atomic mass is 16.2. The molecule has 0 aromatic heterocycles. The first kappa shape index (κ1) is 30.0. The van der Waals surface area contributed by atoms with Crippen LogP contribution in [0.25, 0.3) is 0 Å². The lowest BCUT2D eigenvalue weighted by atomic mass is 9.98. The number of carbonyl (C=O) groups is 4. The van der Waals surface area contributed by atoms with E-state index < -0.39 is 18.1 Å². The second kappa shape index (κ2) is 13.6. The molecule has 2 aromatic rings. The molecule has 0 radical (unpaired) electrons. The Hall–Kier alpha value is -3.98. The van der Waals surface area contributed by atoms with Gasteiger partial charge in [0.05, 0.1) is 18.6 Å². The van der Waals surface area contributed by atoms with Gasteiger partial charge < -0.3 is 25.8 Å². The van der Waals surface area contributed by atoms with Crippen LogP contribution in [0.15, 0.2) is 72.4 Å². The molecule has 0 saturated carbocycles. The number of amides is 4. The molecule has 4 rings (SSSR count). The molecule has 9 heteroatoms. The molecule has 41 heavy (non-hydrogen) atoms. The van der Waals surface area contributed by atoms with Gasteiger partial charge in [0.15, 0.2) is 0 Å². The smallest absolute Gasteiger partial charge is 0.251 e. The maximum absolute atomic E-state index is 14.1. The van der Waals surface area contributed by atoms with E-state index in [-0.39, 0.29) is 42.1 Å². The van der Waals surface area contributed by atoms with Crippen molar-refractivity contribution >= 4 is 23.6 Å². The molecule has 2 aromatic carbocycles. The molecule has 0 aliphatic carbocycles. The molecule has 0 spiro atoms. The Kier molecular flexibility index (Phi) is 9.94. The normalized spacial score (nSPS) is 21.0. The number of benzene rings is 2. The molecule has 3 N–H and O–H groups in total. The Labute approximate surface area is 242 Å². The maximum Gasteiger partial charge on any atom is 0.251 e. The molecule has 2 aliphatic rings. The number of nitrogens with zero attached hydrogens (tertiary/aromatic N) is 2. The van der Waals surface area contributed by atoms with Crippen LogP contribution >= 0.6 is 0 Å². The minimum absolute atomic E-state index is 0.0395.